The third-order valence-electron chi connectivity index (χ3n) is 14.4. The van der Waals surface area contributed by atoms with Gasteiger partial charge in [-0.15, -0.1) is 0 Å². The number of benzene rings is 8. The van der Waals surface area contributed by atoms with Crippen LogP contribution in [0.15, 0.2) is 182 Å². The molecule has 0 bridgehead atoms. The quantitative estimate of drug-likeness (QED) is 0.0332. The van der Waals surface area contributed by atoms with Crippen molar-refractivity contribution < 1.29 is 62.2 Å². The van der Waals surface area contributed by atoms with E-state index in [0.29, 0.717) is 59.6 Å². The number of carbonyl (C=O) groups excluding carboxylic acids is 3. The fourth-order valence-electron chi connectivity index (χ4n) is 10.2. The van der Waals surface area contributed by atoms with Gasteiger partial charge >= 0.3 is 18.0 Å². The van der Waals surface area contributed by atoms with Crippen LogP contribution in [0, 0.1) is 0 Å². The number of esters is 1. The molecule has 0 saturated carbocycles. The first kappa shape index (κ1) is 99.8. The van der Waals surface area contributed by atoms with Gasteiger partial charge in [-0.25, -0.2) is 9.59 Å². The summed E-state index contributed by atoms with van der Waals surface area (Å²) < 4.78 is 43.4. The second kappa shape index (κ2) is 61.9. The lowest BCUT2D eigenvalue weighted by Crippen LogP contribution is -2.31. The molecule has 8 aromatic carbocycles. The van der Waals surface area contributed by atoms with Crippen LogP contribution in [0.4, 0.5) is 4.79 Å². The largest absolute Gasteiger partial charge is 0.497 e. The van der Waals surface area contributed by atoms with Crippen LogP contribution in [0.2, 0.25) is 0 Å². The Morgan fingerprint density at radius 2 is 0.800 bits per heavy atom. The number of ether oxygens (including phenoxy) is 8. The highest BCUT2D eigenvalue weighted by atomic mass is 32.4. The lowest BCUT2D eigenvalue weighted by Gasteiger charge is -2.23. The van der Waals surface area contributed by atoms with Gasteiger partial charge < -0.3 is 65.1 Å². The maximum absolute atomic E-state index is 13.3. The van der Waals surface area contributed by atoms with Gasteiger partial charge in [-0.2, -0.15) is 0 Å². The Kier molecular flexibility index (Phi) is 58.8. The highest BCUT2D eigenvalue weighted by Crippen LogP contribution is 2.46. The van der Waals surface area contributed by atoms with E-state index in [-0.39, 0.29) is 43.0 Å². The van der Waals surface area contributed by atoms with Gasteiger partial charge in [0.1, 0.15) is 47.7 Å². The van der Waals surface area contributed by atoms with Crippen LogP contribution in [-0.2, 0) is 82.9 Å². The first-order valence-electron chi connectivity index (χ1n) is 33.4. The second-order valence-electron chi connectivity index (χ2n) is 21.2. The maximum atomic E-state index is 13.3. The zero-order valence-corrected chi connectivity index (χ0v) is 71.1. The summed E-state index contributed by atoms with van der Waals surface area (Å²) in [4.78, 5) is 46.9. The summed E-state index contributed by atoms with van der Waals surface area (Å²) >= 11 is 19.4. The van der Waals surface area contributed by atoms with Crippen LogP contribution in [0.5, 0.6) is 34.5 Å². The third kappa shape index (κ3) is 34.0. The molecule has 568 valence electrons. The molecule has 27 heteroatoms. The molecule has 2 aliphatic rings. The highest BCUT2D eigenvalue weighted by molar-refractivity contribution is 7.89. The summed E-state index contributed by atoms with van der Waals surface area (Å²) in [7, 11) is 19.1. The van der Waals surface area contributed by atoms with Crippen molar-refractivity contribution in [2.24, 2.45) is 11.5 Å². The number of rotatable bonds is 21. The molecule has 0 aromatic heterocycles. The fraction of sp³-hybridized carbons (Fsp3) is 0.333. The van der Waals surface area contributed by atoms with E-state index in [9.17, 15) is 19.2 Å². The van der Waals surface area contributed by atoms with Crippen molar-refractivity contribution in [3.8, 4) is 56.8 Å². The van der Waals surface area contributed by atoms with E-state index < -0.39 is 24.7 Å². The number of aliphatic carboxylic acids is 1. The number of amides is 2. The SMILES string of the molecule is CC.CCC.CCC.CCC(=O)OCC1c2ccccc2-c2ccccc21.CCN.CCNC(=O)COc1ccc(C(N)c2ccc(OC)cc2OC)cc1.COc1ccc(C(NC(=O)OCC2c3ccccc3-c3ccccc32)c2ccc(OCC(=O)O)cc2)c(OC)c1.P=S.P=S.P=S.P=S.P=S. The number of carbonyl (C=O) groups is 4. The molecule has 2 unspecified atom stereocenters. The number of carboxylic acids is 1. The van der Waals surface area contributed by atoms with Crippen molar-refractivity contribution in [1.29, 1.82) is 0 Å². The molecule has 8 aromatic rings. The van der Waals surface area contributed by atoms with Crippen molar-refractivity contribution in [2.45, 2.75) is 105 Å². The Morgan fingerprint density at radius 1 is 0.467 bits per heavy atom. The molecule has 2 aliphatic carbocycles. The third-order valence-corrected chi connectivity index (χ3v) is 14.4. The minimum Gasteiger partial charge on any atom is -0.497 e. The number of carboxylic acid groups (broad SMARTS) is 1. The Morgan fingerprint density at radius 3 is 1.15 bits per heavy atom. The molecule has 10 rings (SSSR count). The average molecular weight is 1620 g/mol. The molecule has 17 nitrogen and oxygen atoms in total. The molecular weight excluding hydrogens is 1520 g/mol. The van der Waals surface area contributed by atoms with Crippen LogP contribution in [0.1, 0.15) is 150 Å². The average Bonchev–Trinajstić information content (AvgIpc) is 1.60. The summed E-state index contributed by atoms with van der Waals surface area (Å²) in [5.74, 6) is 2.27. The molecule has 0 aliphatic heterocycles. The van der Waals surface area contributed by atoms with Crippen molar-refractivity contribution in [3.63, 3.8) is 0 Å². The van der Waals surface area contributed by atoms with Crippen molar-refractivity contribution >= 4 is 123 Å². The van der Waals surface area contributed by atoms with Crippen LogP contribution >= 0.6 is 40.1 Å². The summed E-state index contributed by atoms with van der Waals surface area (Å²) in [5, 5.41) is 14.6. The second-order valence-corrected chi connectivity index (χ2v) is 21.2. The molecule has 7 N–H and O–H groups in total. The summed E-state index contributed by atoms with van der Waals surface area (Å²) in [6, 6.07) is 57.1. The Labute approximate surface area is 659 Å². The number of alkyl carbamates (subject to hydrolysis) is 1. The van der Waals surface area contributed by atoms with Crippen molar-refractivity contribution in [3.05, 3.63) is 226 Å². The van der Waals surface area contributed by atoms with Gasteiger partial charge in [0, 0.05) is 48.1 Å². The zero-order valence-electron chi connectivity index (χ0n) is 62.0. The number of hydrogen-bond donors (Lipinski definition) is 5. The van der Waals surface area contributed by atoms with Gasteiger partial charge in [0.2, 0.25) is 0 Å². The number of hydrogen-bond acceptors (Lipinski definition) is 19. The normalized spacial score (nSPS) is 10.6. The minimum atomic E-state index is -1.07. The van der Waals surface area contributed by atoms with Crippen LogP contribution in [0.3, 0.4) is 0 Å². The van der Waals surface area contributed by atoms with Crippen LogP contribution in [0.25, 0.3) is 22.3 Å². The summed E-state index contributed by atoms with van der Waals surface area (Å²) in [6.45, 7) is 19.6. The van der Waals surface area contributed by atoms with Crippen LogP contribution < -0.4 is 50.5 Å². The van der Waals surface area contributed by atoms with E-state index in [1.807, 2.05) is 101 Å². The fourth-order valence-corrected chi connectivity index (χ4v) is 10.2. The number of nitrogens with one attached hydrogen (secondary N) is 2. The number of nitrogens with two attached hydrogens (primary N) is 2. The molecule has 0 saturated heterocycles. The molecule has 2 amide bonds. The summed E-state index contributed by atoms with van der Waals surface area (Å²) in [6.07, 6.45) is 2.34. The standard InChI is InChI=1S/C32H29NO7.C19H24N2O4.C17H16O2.2C3H8.C2H7N.C2H6.5HPS/c1-37-22-15-16-27(29(17-22)38-2)31(20-11-13-21(14-12-20)39-19-30(34)35)33-32(36)40-18-28-25-9-5-3-7-23(25)24-8-4-6-10-26(24)28;1-4-21-18(22)12-25-14-7-5-13(6-8-14)19(20)16-10-9-15(23-2)11-17(16)24-3;1-2-17(18)19-11-16-14-9-5-3-7-12(14)13-8-4-6-10-15(13)16;2*1-3-2;1-2-3;6*1-2/h3-17,28,31H,18-19H2,1-2H3,(H,33,36)(H,34,35);5-11,19H,4,12,20H2,1-3H3,(H,21,22);3-10,16H,2,11H2,1H3;2*3H2,1-2H3;2-3H2,1H3;1-2H3;5*1H. The van der Waals surface area contributed by atoms with E-state index >= 15 is 0 Å². The van der Waals surface area contributed by atoms with Gasteiger partial charge in [0.15, 0.2) is 13.2 Å². The van der Waals surface area contributed by atoms with E-state index in [4.69, 9.17) is 54.5 Å². The molecule has 105 heavy (non-hydrogen) atoms. The van der Waals surface area contributed by atoms with Gasteiger partial charge in [-0.1, -0.05) is 249 Å². The van der Waals surface area contributed by atoms with Gasteiger partial charge in [0.05, 0.1) is 40.5 Å². The lowest BCUT2D eigenvalue weighted by atomic mass is 9.97. The van der Waals surface area contributed by atoms with Crippen molar-refractivity contribution in [2.75, 3.05) is 68.0 Å². The molecule has 2 atom stereocenters. The van der Waals surface area contributed by atoms with Gasteiger partial charge in [-0.05, 0) is 158 Å². The molecule has 0 fully saturated rings. The number of fused-ring (bicyclic) bond motifs is 6. The summed E-state index contributed by atoms with van der Waals surface area (Å²) in [5.41, 5.74) is 24.0. The Bertz CT molecular complexity index is 3640. The Balaban J connectivity index is 0. The molecule has 0 spiro atoms. The van der Waals surface area contributed by atoms with Crippen molar-refractivity contribution in [1.82, 2.24) is 10.6 Å². The first-order valence-corrected chi connectivity index (χ1v) is 41.6. The van der Waals surface area contributed by atoms with Gasteiger partial charge in [-0.3, -0.25) is 9.59 Å². The minimum absolute atomic E-state index is 0.00839. The van der Waals surface area contributed by atoms with E-state index in [0.717, 1.165) is 45.5 Å². The maximum Gasteiger partial charge on any atom is 0.407 e. The van der Waals surface area contributed by atoms with E-state index in [2.05, 4.69) is 198 Å². The first-order chi connectivity index (χ1) is 51.1. The van der Waals surface area contributed by atoms with Gasteiger partial charge in [0.25, 0.3) is 5.91 Å². The topological polar surface area (TPSA) is 238 Å². The molecule has 0 radical (unpaired) electrons. The number of likely N-dealkylation sites (N-methyl/N-ethyl adjacent to an activating group) is 1. The predicted molar refractivity (Wildman–Crippen MR) is 457 cm³/mol. The zero-order chi connectivity index (χ0) is 79.7. The molecule has 0 heterocycles. The monoisotopic (exact) mass is 1620 g/mol. The van der Waals surface area contributed by atoms with Crippen LogP contribution in [-0.4, -0.2) is 97.0 Å². The van der Waals surface area contributed by atoms with E-state index in [1.54, 1.807) is 83.0 Å². The smallest absolute Gasteiger partial charge is 0.407 e. The van der Waals surface area contributed by atoms with E-state index in [1.165, 1.54) is 35.1 Å². The number of methoxy groups -OCH3 is 4. The predicted octanol–water partition coefficient (Wildman–Crippen LogP) is 18.6. The highest BCUT2D eigenvalue weighted by Gasteiger charge is 2.31. The Hall–Kier alpha value is -7.24. The lowest BCUT2D eigenvalue weighted by molar-refractivity contribution is -0.143. The molecular formula is C78H103N4O13P5S5.